The van der Waals surface area contributed by atoms with Gasteiger partial charge in [-0.05, 0) is 46.5 Å². The van der Waals surface area contributed by atoms with Crippen molar-refractivity contribution in [3.63, 3.8) is 0 Å². The predicted molar refractivity (Wildman–Crippen MR) is 71.1 cm³/mol. The first-order valence-corrected chi connectivity index (χ1v) is 6.02. The van der Waals surface area contributed by atoms with Gasteiger partial charge in [0.05, 0.1) is 0 Å². The van der Waals surface area contributed by atoms with E-state index in [0.29, 0.717) is 0 Å². The van der Waals surface area contributed by atoms with Gasteiger partial charge < -0.3 is 0 Å². The maximum absolute atomic E-state index is 3.93. The van der Waals surface area contributed by atoms with E-state index in [1.807, 2.05) is 0 Å². The Morgan fingerprint density at radius 3 is 2.20 bits per heavy atom. The van der Waals surface area contributed by atoms with Crippen LogP contribution in [0.25, 0.3) is 0 Å². The molecule has 0 heteroatoms. The van der Waals surface area contributed by atoms with Crippen molar-refractivity contribution in [2.75, 3.05) is 0 Å². The van der Waals surface area contributed by atoms with Crippen LogP contribution in [0, 0.1) is 0 Å². The lowest BCUT2D eigenvalue weighted by atomic mass is 10.0. The topological polar surface area (TPSA) is 0 Å². The van der Waals surface area contributed by atoms with E-state index in [1.54, 1.807) is 5.57 Å². The Balaban J connectivity index is 4.12. The molecular formula is C15H26. The van der Waals surface area contributed by atoms with E-state index in [1.165, 1.54) is 24.0 Å². The Morgan fingerprint density at radius 2 is 1.73 bits per heavy atom. The van der Waals surface area contributed by atoms with E-state index in [-0.39, 0.29) is 0 Å². The first kappa shape index (κ1) is 14.2. The molecule has 0 aromatic rings. The van der Waals surface area contributed by atoms with E-state index in [2.05, 4.69) is 46.4 Å². The van der Waals surface area contributed by atoms with Gasteiger partial charge in [0.1, 0.15) is 0 Å². The molecule has 0 rings (SSSR count). The van der Waals surface area contributed by atoms with Crippen LogP contribution in [-0.4, -0.2) is 0 Å². The molecule has 0 saturated carbocycles. The zero-order valence-corrected chi connectivity index (χ0v) is 10.9. The normalized spacial score (nSPS) is 11.3. The molecule has 0 spiro atoms. The average molecular weight is 206 g/mol. The largest absolute Gasteiger partial charge is 0.100 e. The molecule has 0 amide bonds. The van der Waals surface area contributed by atoms with Crippen molar-refractivity contribution in [2.24, 2.45) is 0 Å². The SMILES string of the molecule is C=C(C)CCC=C(CC=C(C)C)CCC. The van der Waals surface area contributed by atoms with Crippen molar-refractivity contribution in [1.29, 1.82) is 0 Å². The summed E-state index contributed by atoms with van der Waals surface area (Å²) >= 11 is 0. The molecular weight excluding hydrogens is 180 g/mol. The van der Waals surface area contributed by atoms with Crippen LogP contribution >= 0.6 is 0 Å². The van der Waals surface area contributed by atoms with Gasteiger partial charge in [-0.15, -0.1) is 6.58 Å². The van der Waals surface area contributed by atoms with Crippen LogP contribution in [0.4, 0.5) is 0 Å². The van der Waals surface area contributed by atoms with Crippen molar-refractivity contribution in [2.45, 2.75) is 59.8 Å². The fourth-order valence-corrected chi connectivity index (χ4v) is 1.47. The Labute approximate surface area is 95.8 Å². The molecule has 0 nitrogen and oxygen atoms in total. The molecule has 0 bridgehead atoms. The molecule has 0 aromatic heterocycles. The van der Waals surface area contributed by atoms with Crippen LogP contribution < -0.4 is 0 Å². The quantitative estimate of drug-likeness (QED) is 0.487. The highest BCUT2D eigenvalue weighted by Crippen LogP contribution is 2.14. The minimum Gasteiger partial charge on any atom is -0.100 e. The second-order valence-electron chi connectivity index (χ2n) is 4.59. The van der Waals surface area contributed by atoms with Gasteiger partial charge in [-0.25, -0.2) is 0 Å². The van der Waals surface area contributed by atoms with Crippen molar-refractivity contribution in [3.05, 3.63) is 35.5 Å². The molecule has 0 aliphatic carbocycles. The molecule has 0 N–H and O–H groups in total. The van der Waals surface area contributed by atoms with Crippen LogP contribution in [0.2, 0.25) is 0 Å². The summed E-state index contributed by atoms with van der Waals surface area (Å²) in [5.41, 5.74) is 4.28. The Hall–Kier alpha value is -0.780. The van der Waals surface area contributed by atoms with Crippen LogP contribution in [-0.2, 0) is 0 Å². The van der Waals surface area contributed by atoms with E-state index >= 15 is 0 Å². The molecule has 86 valence electrons. The lowest BCUT2D eigenvalue weighted by molar-refractivity contribution is 0.856. The summed E-state index contributed by atoms with van der Waals surface area (Å²) in [5.74, 6) is 0. The lowest BCUT2D eigenvalue weighted by Crippen LogP contribution is -1.83. The van der Waals surface area contributed by atoms with Gasteiger partial charge >= 0.3 is 0 Å². The van der Waals surface area contributed by atoms with E-state index in [4.69, 9.17) is 0 Å². The van der Waals surface area contributed by atoms with E-state index < -0.39 is 0 Å². The molecule has 0 saturated heterocycles. The maximum atomic E-state index is 3.93. The van der Waals surface area contributed by atoms with Gasteiger partial charge in [0.2, 0.25) is 0 Å². The highest BCUT2D eigenvalue weighted by molar-refractivity contribution is 5.10. The standard InChI is InChI=1S/C15H26/c1-6-8-15(12-11-14(4)5)10-7-9-13(2)3/h10-11H,2,6-9,12H2,1,3-5H3. The molecule has 0 radical (unpaired) electrons. The molecule has 0 heterocycles. The first-order valence-electron chi connectivity index (χ1n) is 6.02. The molecule has 0 atom stereocenters. The molecule has 0 aliphatic heterocycles. The third kappa shape index (κ3) is 9.52. The van der Waals surface area contributed by atoms with Gasteiger partial charge in [-0.1, -0.05) is 42.2 Å². The summed E-state index contributed by atoms with van der Waals surface area (Å²) in [4.78, 5) is 0. The summed E-state index contributed by atoms with van der Waals surface area (Å²) in [6.45, 7) is 12.6. The molecule has 0 aliphatic rings. The molecule has 0 aromatic carbocycles. The van der Waals surface area contributed by atoms with Gasteiger partial charge in [0.15, 0.2) is 0 Å². The monoisotopic (exact) mass is 206 g/mol. The summed E-state index contributed by atoms with van der Waals surface area (Å²) in [6, 6.07) is 0. The van der Waals surface area contributed by atoms with Crippen molar-refractivity contribution in [3.8, 4) is 0 Å². The highest BCUT2D eigenvalue weighted by atomic mass is 14.0. The zero-order chi connectivity index (χ0) is 11.7. The number of rotatable bonds is 7. The van der Waals surface area contributed by atoms with Crippen LogP contribution in [0.1, 0.15) is 59.8 Å². The Bertz CT molecular complexity index is 237. The van der Waals surface area contributed by atoms with Gasteiger partial charge in [0, 0.05) is 0 Å². The van der Waals surface area contributed by atoms with Gasteiger partial charge in [0.25, 0.3) is 0 Å². The number of hydrogen-bond donors (Lipinski definition) is 0. The van der Waals surface area contributed by atoms with Crippen LogP contribution in [0.3, 0.4) is 0 Å². The number of hydrogen-bond acceptors (Lipinski definition) is 0. The Morgan fingerprint density at radius 1 is 1.07 bits per heavy atom. The minimum atomic E-state index is 1.13. The Kier molecular flexibility index (Phi) is 8.08. The van der Waals surface area contributed by atoms with Crippen LogP contribution in [0.5, 0.6) is 0 Å². The van der Waals surface area contributed by atoms with Gasteiger partial charge in [-0.2, -0.15) is 0 Å². The molecule has 0 unspecified atom stereocenters. The zero-order valence-electron chi connectivity index (χ0n) is 10.9. The summed E-state index contributed by atoms with van der Waals surface area (Å²) < 4.78 is 0. The lowest BCUT2D eigenvalue weighted by Gasteiger charge is -2.04. The van der Waals surface area contributed by atoms with Crippen molar-refractivity contribution in [1.82, 2.24) is 0 Å². The minimum absolute atomic E-state index is 1.13. The predicted octanol–water partition coefficient (Wildman–Crippen LogP) is 5.43. The summed E-state index contributed by atoms with van der Waals surface area (Å²) in [6.07, 6.45) is 10.6. The second-order valence-corrected chi connectivity index (χ2v) is 4.59. The van der Waals surface area contributed by atoms with Crippen molar-refractivity contribution < 1.29 is 0 Å². The molecule has 15 heavy (non-hydrogen) atoms. The van der Waals surface area contributed by atoms with E-state index in [0.717, 1.165) is 19.3 Å². The fourth-order valence-electron chi connectivity index (χ4n) is 1.47. The fraction of sp³-hybridized carbons (Fsp3) is 0.600. The summed E-state index contributed by atoms with van der Waals surface area (Å²) in [5, 5.41) is 0. The highest BCUT2D eigenvalue weighted by Gasteiger charge is 1.94. The first-order chi connectivity index (χ1) is 7.06. The maximum Gasteiger partial charge on any atom is -0.0136 e. The number of allylic oxidation sites excluding steroid dienone is 5. The van der Waals surface area contributed by atoms with Crippen LogP contribution in [0.15, 0.2) is 35.5 Å². The van der Waals surface area contributed by atoms with E-state index in [9.17, 15) is 0 Å². The third-order valence-electron chi connectivity index (χ3n) is 2.35. The second kappa shape index (κ2) is 8.52. The summed E-state index contributed by atoms with van der Waals surface area (Å²) in [7, 11) is 0. The smallest absolute Gasteiger partial charge is 0.0136 e. The average Bonchev–Trinajstić information content (AvgIpc) is 2.13. The molecule has 0 fully saturated rings. The van der Waals surface area contributed by atoms with Crippen molar-refractivity contribution >= 4 is 0 Å². The third-order valence-corrected chi connectivity index (χ3v) is 2.35. The van der Waals surface area contributed by atoms with Gasteiger partial charge in [-0.3, -0.25) is 0 Å².